The Morgan fingerprint density at radius 1 is 1.26 bits per heavy atom. The van der Waals surface area contributed by atoms with Gasteiger partial charge < -0.3 is 10.6 Å². The van der Waals surface area contributed by atoms with Gasteiger partial charge in [0.05, 0.1) is 10.2 Å². The first-order valence-electron chi connectivity index (χ1n) is 5.95. The quantitative estimate of drug-likeness (QED) is 0.906. The first-order chi connectivity index (χ1) is 8.95. The fourth-order valence-electron chi connectivity index (χ4n) is 1.51. The van der Waals surface area contributed by atoms with E-state index in [1.165, 1.54) is 18.3 Å². The maximum Gasteiger partial charge on any atom is 0.228 e. The van der Waals surface area contributed by atoms with Crippen molar-refractivity contribution in [2.75, 3.05) is 10.6 Å². The molecular formula is C13H15N3O2S. The highest BCUT2D eigenvalue weighted by Gasteiger charge is 2.11. The van der Waals surface area contributed by atoms with Gasteiger partial charge in [-0.1, -0.05) is 25.2 Å². The highest BCUT2D eigenvalue weighted by molar-refractivity contribution is 7.22. The summed E-state index contributed by atoms with van der Waals surface area (Å²) < 4.78 is 0.922. The Bertz CT molecular complexity index is 634. The standard InChI is InChI=1S/C13H15N3O2S/c1-7(2)12(18)16-13-15-10-5-4-9(14-8(3)17)6-11(10)19-13/h4-7H,1-3H3,(H,14,17)(H,15,16,18). The summed E-state index contributed by atoms with van der Waals surface area (Å²) in [6, 6.07) is 5.46. The van der Waals surface area contributed by atoms with Crippen molar-refractivity contribution in [2.24, 2.45) is 5.92 Å². The predicted octanol–water partition coefficient (Wildman–Crippen LogP) is 2.85. The molecule has 0 saturated carbocycles. The SMILES string of the molecule is CC(=O)Nc1ccc2nc(NC(=O)C(C)C)sc2c1. The summed E-state index contributed by atoms with van der Waals surface area (Å²) >= 11 is 1.39. The number of nitrogens with zero attached hydrogens (tertiary/aromatic N) is 1. The zero-order valence-corrected chi connectivity index (χ0v) is 11.8. The number of hydrogen-bond donors (Lipinski definition) is 2. The fourth-order valence-corrected chi connectivity index (χ4v) is 2.42. The average Bonchev–Trinajstić information content (AvgIpc) is 2.69. The van der Waals surface area contributed by atoms with Crippen LogP contribution in [0, 0.1) is 5.92 Å². The summed E-state index contributed by atoms with van der Waals surface area (Å²) in [6.45, 7) is 5.13. The van der Waals surface area contributed by atoms with Crippen LogP contribution in [0.15, 0.2) is 18.2 Å². The van der Waals surface area contributed by atoms with E-state index < -0.39 is 0 Å². The maximum atomic E-state index is 11.6. The van der Waals surface area contributed by atoms with Crippen LogP contribution in [0.1, 0.15) is 20.8 Å². The van der Waals surface area contributed by atoms with E-state index in [1.54, 1.807) is 6.07 Å². The fraction of sp³-hybridized carbons (Fsp3) is 0.308. The Labute approximate surface area is 115 Å². The summed E-state index contributed by atoms with van der Waals surface area (Å²) in [5.74, 6) is -0.250. The lowest BCUT2D eigenvalue weighted by Crippen LogP contribution is -2.17. The number of hydrogen-bond acceptors (Lipinski definition) is 4. The van der Waals surface area contributed by atoms with Crippen LogP contribution in [0.25, 0.3) is 10.2 Å². The van der Waals surface area contributed by atoms with Crippen LogP contribution in [0.3, 0.4) is 0 Å². The van der Waals surface area contributed by atoms with Gasteiger partial charge in [-0.2, -0.15) is 0 Å². The molecule has 19 heavy (non-hydrogen) atoms. The van der Waals surface area contributed by atoms with E-state index in [2.05, 4.69) is 15.6 Å². The van der Waals surface area contributed by atoms with Crippen molar-refractivity contribution in [3.63, 3.8) is 0 Å². The number of carbonyl (C=O) groups excluding carboxylic acids is 2. The van der Waals surface area contributed by atoms with E-state index in [0.29, 0.717) is 5.13 Å². The minimum atomic E-state index is -0.114. The number of amides is 2. The van der Waals surface area contributed by atoms with Gasteiger partial charge in [-0.15, -0.1) is 0 Å². The van der Waals surface area contributed by atoms with Crippen molar-refractivity contribution in [1.82, 2.24) is 4.98 Å². The molecule has 0 fully saturated rings. The molecule has 0 saturated heterocycles. The average molecular weight is 277 g/mol. The Balaban J connectivity index is 2.25. The van der Waals surface area contributed by atoms with Gasteiger partial charge >= 0.3 is 0 Å². The molecule has 0 aliphatic rings. The number of anilines is 2. The molecule has 0 bridgehead atoms. The second kappa shape index (κ2) is 5.36. The number of carbonyl (C=O) groups is 2. The molecule has 0 atom stereocenters. The molecule has 6 heteroatoms. The lowest BCUT2D eigenvalue weighted by Gasteiger charge is -2.02. The number of nitrogens with one attached hydrogen (secondary N) is 2. The lowest BCUT2D eigenvalue weighted by molar-refractivity contribution is -0.119. The van der Waals surface area contributed by atoms with E-state index in [-0.39, 0.29) is 17.7 Å². The molecule has 2 N–H and O–H groups in total. The van der Waals surface area contributed by atoms with Gasteiger partial charge in [0.1, 0.15) is 0 Å². The third-order valence-corrected chi connectivity index (χ3v) is 3.40. The summed E-state index contributed by atoms with van der Waals surface area (Å²) in [6.07, 6.45) is 0. The summed E-state index contributed by atoms with van der Waals surface area (Å²) in [5.41, 5.74) is 1.53. The van der Waals surface area contributed by atoms with Gasteiger partial charge in [-0.3, -0.25) is 9.59 Å². The first-order valence-corrected chi connectivity index (χ1v) is 6.76. The van der Waals surface area contributed by atoms with Gasteiger partial charge in [-0.05, 0) is 18.2 Å². The third-order valence-electron chi connectivity index (χ3n) is 2.46. The molecule has 1 heterocycles. The van der Waals surface area contributed by atoms with Gasteiger partial charge in [0.25, 0.3) is 0 Å². The monoisotopic (exact) mass is 277 g/mol. The van der Waals surface area contributed by atoms with E-state index in [4.69, 9.17) is 0 Å². The van der Waals surface area contributed by atoms with E-state index in [9.17, 15) is 9.59 Å². The summed E-state index contributed by atoms with van der Waals surface area (Å²) in [5, 5.41) is 6.07. The van der Waals surface area contributed by atoms with Crippen molar-refractivity contribution < 1.29 is 9.59 Å². The van der Waals surface area contributed by atoms with Crippen molar-refractivity contribution >= 4 is 44.2 Å². The van der Waals surface area contributed by atoms with Crippen molar-refractivity contribution in [3.8, 4) is 0 Å². The molecule has 2 aromatic rings. The largest absolute Gasteiger partial charge is 0.326 e. The Morgan fingerprint density at radius 2 is 2.00 bits per heavy atom. The third kappa shape index (κ3) is 3.29. The number of fused-ring (bicyclic) bond motifs is 1. The van der Waals surface area contributed by atoms with Crippen LogP contribution in [-0.4, -0.2) is 16.8 Å². The van der Waals surface area contributed by atoms with Gasteiger partial charge in [-0.25, -0.2) is 4.98 Å². The van der Waals surface area contributed by atoms with Crippen LogP contribution in [0.4, 0.5) is 10.8 Å². The second-order valence-electron chi connectivity index (χ2n) is 4.53. The normalized spacial score (nSPS) is 10.7. The van der Waals surface area contributed by atoms with Gasteiger partial charge in [0, 0.05) is 18.5 Å². The highest BCUT2D eigenvalue weighted by atomic mass is 32.1. The summed E-state index contributed by atoms with van der Waals surface area (Å²) in [4.78, 5) is 26.9. The molecule has 1 aromatic carbocycles. The number of aromatic nitrogens is 1. The first kappa shape index (κ1) is 13.5. The summed E-state index contributed by atoms with van der Waals surface area (Å²) in [7, 11) is 0. The Hall–Kier alpha value is -1.95. The lowest BCUT2D eigenvalue weighted by atomic mass is 10.2. The minimum Gasteiger partial charge on any atom is -0.326 e. The maximum absolute atomic E-state index is 11.6. The van der Waals surface area contributed by atoms with Crippen LogP contribution in [0.2, 0.25) is 0 Å². The molecule has 0 aliphatic carbocycles. The second-order valence-corrected chi connectivity index (χ2v) is 5.56. The zero-order valence-electron chi connectivity index (χ0n) is 11.0. The van der Waals surface area contributed by atoms with Crippen LogP contribution >= 0.6 is 11.3 Å². The van der Waals surface area contributed by atoms with Crippen molar-refractivity contribution in [2.45, 2.75) is 20.8 Å². The zero-order chi connectivity index (χ0) is 14.0. The molecule has 100 valence electrons. The van der Waals surface area contributed by atoms with Crippen molar-refractivity contribution in [3.05, 3.63) is 18.2 Å². The molecular weight excluding hydrogens is 262 g/mol. The predicted molar refractivity (Wildman–Crippen MR) is 77.4 cm³/mol. The molecule has 2 amide bonds. The molecule has 0 unspecified atom stereocenters. The Kier molecular flexibility index (Phi) is 3.80. The minimum absolute atomic E-state index is 0.0545. The topological polar surface area (TPSA) is 71.1 Å². The van der Waals surface area contributed by atoms with E-state index in [0.717, 1.165) is 15.9 Å². The highest BCUT2D eigenvalue weighted by Crippen LogP contribution is 2.28. The van der Waals surface area contributed by atoms with E-state index >= 15 is 0 Å². The van der Waals surface area contributed by atoms with Crippen LogP contribution in [-0.2, 0) is 9.59 Å². The number of benzene rings is 1. The molecule has 5 nitrogen and oxygen atoms in total. The molecule has 0 aliphatic heterocycles. The molecule has 0 radical (unpaired) electrons. The van der Waals surface area contributed by atoms with E-state index in [1.807, 2.05) is 26.0 Å². The molecule has 1 aromatic heterocycles. The Morgan fingerprint density at radius 3 is 2.63 bits per heavy atom. The van der Waals surface area contributed by atoms with Crippen molar-refractivity contribution in [1.29, 1.82) is 0 Å². The smallest absolute Gasteiger partial charge is 0.228 e. The van der Waals surface area contributed by atoms with Crippen LogP contribution in [0.5, 0.6) is 0 Å². The van der Waals surface area contributed by atoms with Gasteiger partial charge in [0.15, 0.2) is 5.13 Å². The molecule has 2 rings (SSSR count). The molecule has 0 spiro atoms. The van der Waals surface area contributed by atoms with Gasteiger partial charge in [0.2, 0.25) is 11.8 Å². The number of rotatable bonds is 3. The van der Waals surface area contributed by atoms with Crippen LogP contribution < -0.4 is 10.6 Å². The number of thiazole rings is 1.